The number of thioether (sulfide) groups is 1. The van der Waals surface area contributed by atoms with Gasteiger partial charge in [-0.05, 0) is 43.7 Å². The molecule has 23 heavy (non-hydrogen) atoms. The van der Waals surface area contributed by atoms with Crippen LogP contribution in [0.15, 0.2) is 53.4 Å². The van der Waals surface area contributed by atoms with Crippen LogP contribution in [0.5, 0.6) is 0 Å². The predicted octanol–water partition coefficient (Wildman–Crippen LogP) is 3.90. The molecule has 0 radical (unpaired) electrons. The van der Waals surface area contributed by atoms with E-state index in [1.54, 1.807) is 25.1 Å². The predicted molar refractivity (Wildman–Crippen MR) is 92.9 cm³/mol. The first-order valence-electron chi connectivity index (χ1n) is 7.23. The molecule has 1 N–H and O–H groups in total. The second-order valence-corrected chi connectivity index (χ2v) is 6.45. The highest BCUT2D eigenvalue weighted by Crippen LogP contribution is 2.25. The van der Waals surface area contributed by atoms with Crippen LogP contribution in [0.1, 0.15) is 22.8 Å². The second kappa shape index (κ2) is 7.83. The molecule has 0 aliphatic heterocycles. The third-order valence-electron chi connectivity index (χ3n) is 3.42. The number of ether oxygens (including phenoxy) is 1. The van der Waals surface area contributed by atoms with Crippen molar-refractivity contribution in [3.63, 3.8) is 0 Å². The van der Waals surface area contributed by atoms with Gasteiger partial charge in [-0.25, -0.2) is 4.79 Å². The third kappa shape index (κ3) is 4.36. The van der Waals surface area contributed by atoms with Gasteiger partial charge < -0.3 is 10.1 Å². The van der Waals surface area contributed by atoms with E-state index in [1.807, 2.05) is 37.3 Å². The van der Waals surface area contributed by atoms with Gasteiger partial charge in [0.15, 0.2) is 0 Å². The zero-order valence-corrected chi connectivity index (χ0v) is 14.1. The van der Waals surface area contributed by atoms with Crippen molar-refractivity contribution in [1.29, 1.82) is 0 Å². The van der Waals surface area contributed by atoms with Gasteiger partial charge in [0.25, 0.3) is 0 Å². The fraction of sp³-hybridized carbons (Fsp3) is 0.222. The number of hydrogen-bond acceptors (Lipinski definition) is 4. The molecule has 0 saturated heterocycles. The minimum atomic E-state index is -0.412. The first kappa shape index (κ1) is 17.1. The van der Waals surface area contributed by atoms with Crippen molar-refractivity contribution in [2.75, 3.05) is 12.4 Å². The Balaban J connectivity index is 2.09. The van der Waals surface area contributed by atoms with E-state index in [0.717, 1.165) is 4.90 Å². The molecule has 1 amide bonds. The summed E-state index contributed by atoms with van der Waals surface area (Å²) in [6.07, 6.45) is 0. The molecule has 5 heteroatoms. The Labute approximate surface area is 140 Å². The molecule has 0 spiro atoms. The minimum Gasteiger partial charge on any atom is -0.465 e. The quantitative estimate of drug-likeness (QED) is 0.668. The number of hydrogen-bond donors (Lipinski definition) is 1. The highest BCUT2D eigenvalue weighted by molar-refractivity contribution is 8.00. The standard InChI is InChI=1S/C18H19NO3S/c1-12-15(18(21)22-3)10-7-11-16(12)19-17(20)13(2)23-14-8-5-4-6-9-14/h4-11,13H,1-3H3,(H,19,20)/t13-/m0/s1. The van der Waals surface area contributed by atoms with E-state index < -0.39 is 5.97 Å². The van der Waals surface area contributed by atoms with Crippen molar-refractivity contribution in [1.82, 2.24) is 0 Å². The van der Waals surface area contributed by atoms with Gasteiger partial charge in [-0.2, -0.15) is 0 Å². The van der Waals surface area contributed by atoms with E-state index in [-0.39, 0.29) is 11.2 Å². The van der Waals surface area contributed by atoms with Crippen LogP contribution in [0.3, 0.4) is 0 Å². The zero-order valence-electron chi connectivity index (χ0n) is 13.3. The SMILES string of the molecule is COC(=O)c1cccc(NC(=O)[C@H](C)Sc2ccccc2)c1C. The summed E-state index contributed by atoms with van der Waals surface area (Å²) in [7, 11) is 1.34. The Morgan fingerprint density at radius 2 is 1.78 bits per heavy atom. The number of nitrogens with one attached hydrogen (secondary N) is 1. The van der Waals surface area contributed by atoms with Crippen LogP contribution in [0.4, 0.5) is 5.69 Å². The Morgan fingerprint density at radius 1 is 1.09 bits per heavy atom. The zero-order chi connectivity index (χ0) is 16.8. The number of benzene rings is 2. The molecule has 120 valence electrons. The molecule has 2 rings (SSSR count). The van der Waals surface area contributed by atoms with Crippen LogP contribution in [0.25, 0.3) is 0 Å². The Morgan fingerprint density at radius 3 is 2.43 bits per heavy atom. The van der Waals surface area contributed by atoms with E-state index in [4.69, 9.17) is 4.74 Å². The lowest BCUT2D eigenvalue weighted by Gasteiger charge is -2.15. The van der Waals surface area contributed by atoms with Gasteiger partial charge in [-0.1, -0.05) is 24.3 Å². The van der Waals surface area contributed by atoms with Gasteiger partial charge in [0.2, 0.25) is 5.91 Å². The largest absolute Gasteiger partial charge is 0.465 e. The molecular formula is C18H19NO3S. The summed E-state index contributed by atoms with van der Waals surface area (Å²) >= 11 is 1.49. The molecule has 4 nitrogen and oxygen atoms in total. The van der Waals surface area contributed by atoms with Crippen LogP contribution >= 0.6 is 11.8 Å². The van der Waals surface area contributed by atoms with Crippen LogP contribution < -0.4 is 5.32 Å². The van der Waals surface area contributed by atoms with Gasteiger partial charge in [0, 0.05) is 10.6 Å². The summed E-state index contributed by atoms with van der Waals surface area (Å²) in [6.45, 7) is 3.64. The number of rotatable bonds is 5. The number of carbonyl (C=O) groups excluding carboxylic acids is 2. The average molecular weight is 329 g/mol. The lowest BCUT2D eigenvalue weighted by atomic mass is 10.1. The number of anilines is 1. The van der Waals surface area contributed by atoms with Crippen LogP contribution in [-0.4, -0.2) is 24.2 Å². The van der Waals surface area contributed by atoms with E-state index in [0.29, 0.717) is 16.8 Å². The normalized spacial score (nSPS) is 11.6. The number of esters is 1. The van der Waals surface area contributed by atoms with Crippen LogP contribution in [0.2, 0.25) is 0 Å². The Hall–Kier alpha value is -2.27. The molecule has 0 aliphatic rings. The summed E-state index contributed by atoms with van der Waals surface area (Å²) in [5.41, 5.74) is 1.77. The molecule has 0 aliphatic carbocycles. The van der Waals surface area contributed by atoms with Gasteiger partial charge in [0.1, 0.15) is 0 Å². The maximum absolute atomic E-state index is 12.4. The number of methoxy groups -OCH3 is 1. The first-order chi connectivity index (χ1) is 11.0. The monoisotopic (exact) mass is 329 g/mol. The van der Waals surface area contributed by atoms with Crippen molar-refractivity contribution in [3.8, 4) is 0 Å². The van der Waals surface area contributed by atoms with Crippen molar-refractivity contribution < 1.29 is 14.3 Å². The van der Waals surface area contributed by atoms with Crippen LogP contribution in [0, 0.1) is 6.92 Å². The molecule has 0 aromatic heterocycles. The van der Waals surface area contributed by atoms with E-state index in [2.05, 4.69) is 5.32 Å². The molecule has 2 aromatic carbocycles. The maximum Gasteiger partial charge on any atom is 0.338 e. The molecule has 0 saturated carbocycles. The fourth-order valence-electron chi connectivity index (χ4n) is 2.09. The summed E-state index contributed by atoms with van der Waals surface area (Å²) in [6, 6.07) is 14.9. The third-order valence-corrected chi connectivity index (χ3v) is 4.53. The minimum absolute atomic E-state index is 0.107. The first-order valence-corrected chi connectivity index (χ1v) is 8.11. The van der Waals surface area contributed by atoms with Crippen molar-refractivity contribution >= 4 is 29.3 Å². The van der Waals surface area contributed by atoms with Gasteiger partial charge in [-0.15, -0.1) is 11.8 Å². The fourth-order valence-corrected chi connectivity index (χ4v) is 2.98. The van der Waals surface area contributed by atoms with E-state index >= 15 is 0 Å². The smallest absolute Gasteiger partial charge is 0.338 e. The lowest BCUT2D eigenvalue weighted by molar-refractivity contribution is -0.115. The highest BCUT2D eigenvalue weighted by Gasteiger charge is 2.17. The topological polar surface area (TPSA) is 55.4 Å². The molecule has 2 aromatic rings. The average Bonchev–Trinajstić information content (AvgIpc) is 2.57. The van der Waals surface area contributed by atoms with Crippen molar-refractivity contribution in [3.05, 3.63) is 59.7 Å². The van der Waals surface area contributed by atoms with Gasteiger partial charge in [0.05, 0.1) is 17.9 Å². The second-order valence-electron chi connectivity index (χ2n) is 5.03. The molecule has 0 heterocycles. The highest BCUT2D eigenvalue weighted by atomic mass is 32.2. The molecule has 0 unspecified atom stereocenters. The number of amides is 1. The van der Waals surface area contributed by atoms with Crippen LogP contribution in [-0.2, 0) is 9.53 Å². The Bertz CT molecular complexity index is 701. The molecule has 0 bridgehead atoms. The van der Waals surface area contributed by atoms with Gasteiger partial charge >= 0.3 is 5.97 Å². The molecular weight excluding hydrogens is 310 g/mol. The van der Waals surface area contributed by atoms with Crippen molar-refractivity contribution in [2.24, 2.45) is 0 Å². The Kier molecular flexibility index (Phi) is 5.82. The van der Waals surface area contributed by atoms with E-state index in [1.165, 1.54) is 18.9 Å². The van der Waals surface area contributed by atoms with Crippen molar-refractivity contribution in [2.45, 2.75) is 24.0 Å². The van der Waals surface area contributed by atoms with E-state index in [9.17, 15) is 9.59 Å². The summed E-state index contributed by atoms with van der Waals surface area (Å²) in [4.78, 5) is 25.1. The number of carbonyl (C=O) groups is 2. The summed E-state index contributed by atoms with van der Waals surface area (Å²) < 4.78 is 4.75. The lowest BCUT2D eigenvalue weighted by Crippen LogP contribution is -2.23. The molecule has 1 atom stereocenters. The summed E-state index contributed by atoms with van der Waals surface area (Å²) in [5.74, 6) is -0.519. The summed E-state index contributed by atoms with van der Waals surface area (Å²) in [5, 5.41) is 2.63. The molecule has 0 fully saturated rings. The van der Waals surface area contributed by atoms with Gasteiger partial charge in [-0.3, -0.25) is 4.79 Å². The maximum atomic E-state index is 12.4.